The summed E-state index contributed by atoms with van der Waals surface area (Å²) in [4.78, 5) is 19.6. The molecule has 3 N–H and O–H groups in total. The molecular formula is C19H25FN4O2. The van der Waals surface area contributed by atoms with Crippen LogP contribution >= 0.6 is 0 Å². The van der Waals surface area contributed by atoms with Gasteiger partial charge in [-0.3, -0.25) is 10.0 Å². The van der Waals surface area contributed by atoms with E-state index in [1.54, 1.807) is 17.6 Å². The van der Waals surface area contributed by atoms with Crippen molar-refractivity contribution in [1.82, 2.24) is 15.4 Å². The number of carbonyl (C=O) groups is 1. The second-order valence-corrected chi connectivity index (χ2v) is 6.01. The van der Waals surface area contributed by atoms with Gasteiger partial charge in [0.1, 0.15) is 5.82 Å². The molecule has 3 rings (SSSR count). The van der Waals surface area contributed by atoms with Gasteiger partial charge in [-0.05, 0) is 30.5 Å². The second kappa shape index (κ2) is 9.24. The second-order valence-electron chi connectivity index (χ2n) is 6.01. The first-order chi connectivity index (χ1) is 12.6. The third kappa shape index (κ3) is 4.54. The molecule has 0 atom stereocenters. The van der Waals surface area contributed by atoms with Gasteiger partial charge in [0.05, 0.1) is 11.1 Å². The van der Waals surface area contributed by atoms with Crippen molar-refractivity contribution < 1.29 is 14.4 Å². The summed E-state index contributed by atoms with van der Waals surface area (Å²) in [7, 11) is 0. The molecule has 1 aromatic carbocycles. The Morgan fingerprint density at radius 3 is 2.38 bits per heavy atom. The first kappa shape index (κ1) is 19.8. The van der Waals surface area contributed by atoms with E-state index in [-0.39, 0.29) is 11.4 Å². The van der Waals surface area contributed by atoms with E-state index >= 15 is 0 Å². The molecular weight excluding hydrogens is 335 g/mol. The Hall–Kier alpha value is -2.54. The Kier molecular flexibility index (Phi) is 7.03. The minimum Gasteiger partial charge on any atom is -0.345 e. The first-order valence-corrected chi connectivity index (χ1v) is 8.94. The third-order valence-electron chi connectivity index (χ3n) is 4.45. The largest absolute Gasteiger partial charge is 0.345 e. The van der Waals surface area contributed by atoms with E-state index in [1.807, 2.05) is 19.9 Å². The molecule has 140 valence electrons. The average molecular weight is 360 g/mol. The number of benzene rings is 1. The number of rotatable bonds is 4. The molecule has 1 aliphatic carbocycles. The van der Waals surface area contributed by atoms with Crippen LogP contribution in [0.5, 0.6) is 0 Å². The van der Waals surface area contributed by atoms with Crippen molar-refractivity contribution in [2.24, 2.45) is 0 Å². The van der Waals surface area contributed by atoms with E-state index in [1.165, 1.54) is 18.5 Å². The highest BCUT2D eigenvalue weighted by Gasteiger charge is 2.34. The summed E-state index contributed by atoms with van der Waals surface area (Å²) in [5.41, 5.74) is 2.16. The fourth-order valence-electron chi connectivity index (χ4n) is 3.22. The lowest BCUT2D eigenvalue weighted by Crippen LogP contribution is -2.38. The van der Waals surface area contributed by atoms with Gasteiger partial charge in [-0.2, -0.15) is 0 Å². The predicted molar refractivity (Wildman–Crippen MR) is 97.4 cm³/mol. The van der Waals surface area contributed by atoms with E-state index in [0.29, 0.717) is 5.95 Å². The molecule has 0 spiro atoms. The number of hydroxylamine groups is 1. The highest BCUT2D eigenvalue weighted by Crippen LogP contribution is 2.39. The zero-order chi connectivity index (χ0) is 19.0. The van der Waals surface area contributed by atoms with E-state index in [4.69, 9.17) is 5.21 Å². The minimum atomic E-state index is -0.668. The fourth-order valence-corrected chi connectivity index (χ4v) is 3.22. The number of halogens is 1. The van der Waals surface area contributed by atoms with Crippen LogP contribution in [0.4, 0.5) is 10.3 Å². The summed E-state index contributed by atoms with van der Waals surface area (Å²) in [6.07, 6.45) is 7.61. The van der Waals surface area contributed by atoms with E-state index in [0.717, 1.165) is 37.7 Å². The number of hydrogen-bond donors (Lipinski definition) is 3. The van der Waals surface area contributed by atoms with Crippen molar-refractivity contribution in [1.29, 1.82) is 0 Å². The van der Waals surface area contributed by atoms with E-state index in [9.17, 15) is 9.18 Å². The van der Waals surface area contributed by atoms with Crippen LogP contribution in [-0.2, 0) is 5.54 Å². The molecule has 6 nitrogen and oxygen atoms in total. The number of nitrogens with zero attached hydrogens (tertiary/aromatic N) is 2. The normalized spacial score (nSPS) is 15.4. The molecule has 1 amide bonds. The Labute approximate surface area is 152 Å². The standard InChI is InChI=1S/C17H19FN4O2.C2H6/c18-14-6-4-5-13(9-14)17(7-2-1-3-8-17)21-16-19-10-12(11-20-16)15(23)22-24;1-2/h4-6,9-11,24H,1-3,7-8H2,(H,22,23)(H,19,20,21);1-2H3. The van der Waals surface area contributed by atoms with Gasteiger partial charge in [0.25, 0.3) is 5.91 Å². The zero-order valence-corrected chi connectivity index (χ0v) is 15.1. The molecule has 26 heavy (non-hydrogen) atoms. The van der Waals surface area contributed by atoms with Gasteiger partial charge in [0.15, 0.2) is 0 Å². The SMILES string of the molecule is CC.O=C(NO)c1cnc(NC2(c3cccc(F)c3)CCCCC2)nc1. The number of carbonyl (C=O) groups excluding carboxylic acids is 1. The monoisotopic (exact) mass is 360 g/mol. The van der Waals surface area contributed by atoms with Crippen LogP contribution in [0.15, 0.2) is 36.7 Å². The number of hydrogen-bond acceptors (Lipinski definition) is 5. The molecule has 0 unspecified atom stereocenters. The fraction of sp³-hybridized carbons (Fsp3) is 0.421. The zero-order valence-electron chi connectivity index (χ0n) is 15.1. The topological polar surface area (TPSA) is 87.1 Å². The van der Waals surface area contributed by atoms with Crippen LogP contribution in [-0.4, -0.2) is 21.1 Å². The molecule has 1 aliphatic rings. The summed E-state index contributed by atoms with van der Waals surface area (Å²) in [6.45, 7) is 4.00. The number of nitrogens with one attached hydrogen (secondary N) is 2. The van der Waals surface area contributed by atoms with E-state index < -0.39 is 11.4 Å². The average Bonchev–Trinajstić information content (AvgIpc) is 2.70. The van der Waals surface area contributed by atoms with Crippen LogP contribution in [0.2, 0.25) is 0 Å². The lowest BCUT2D eigenvalue weighted by molar-refractivity contribution is 0.0705. The molecule has 2 aromatic rings. The maximum atomic E-state index is 13.7. The summed E-state index contributed by atoms with van der Waals surface area (Å²) in [5, 5.41) is 12.0. The molecule has 0 radical (unpaired) electrons. The Balaban J connectivity index is 0.00000117. The van der Waals surface area contributed by atoms with Crippen molar-refractivity contribution >= 4 is 11.9 Å². The van der Waals surface area contributed by atoms with Gasteiger partial charge in [-0.1, -0.05) is 45.2 Å². The van der Waals surface area contributed by atoms with Crippen molar-refractivity contribution in [3.05, 3.63) is 53.6 Å². The third-order valence-corrected chi connectivity index (χ3v) is 4.45. The number of amides is 1. The van der Waals surface area contributed by atoms with Crippen molar-refractivity contribution in [2.75, 3.05) is 5.32 Å². The Bertz CT molecular complexity index is 716. The Morgan fingerprint density at radius 2 is 1.81 bits per heavy atom. The lowest BCUT2D eigenvalue weighted by atomic mass is 9.76. The lowest BCUT2D eigenvalue weighted by Gasteiger charge is -2.38. The van der Waals surface area contributed by atoms with Gasteiger partial charge in [0.2, 0.25) is 5.95 Å². The van der Waals surface area contributed by atoms with Crippen molar-refractivity contribution in [3.63, 3.8) is 0 Å². The smallest absolute Gasteiger partial charge is 0.277 e. The summed E-state index contributed by atoms with van der Waals surface area (Å²) in [6, 6.07) is 6.60. The summed E-state index contributed by atoms with van der Waals surface area (Å²) in [5.74, 6) is -0.565. The summed E-state index contributed by atoms with van der Waals surface area (Å²) < 4.78 is 13.7. The van der Waals surface area contributed by atoms with Crippen LogP contribution in [0.25, 0.3) is 0 Å². The molecule has 1 saturated carbocycles. The highest BCUT2D eigenvalue weighted by atomic mass is 19.1. The van der Waals surface area contributed by atoms with Crippen LogP contribution < -0.4 is 10.8 Å². The predicted octanol–water partition coefficient (Wildman–Crippen LogP) is 4.03. The van der Waals surface area contributed by atoms with Crippen LogP contribution in [0, 0.1) is 5.82 Å². The number of anilines is 1. The van der Waals surface area contributed by atoms with Gasteiger partial charge in [0, 0.05) is 12.4 Å². The molecule has 1 heterocycles. The molecule has 1 fully saturated rings. The first-order valence-electron chi connectivity index (χ1n) is 8.94. The maximum absolute atomic E-state index is 13.7. The molecule has 1 aromatic heterocycles. The van der Waals surface area contributed by atoms with Gasteiger partial charge < -0.3 is 5.32 Å². The summed E-state index contributed by atoms with van der Waals surface area (Å²) >= 11 is 0. The molecule has 0 aliphatic heterocycles. The highest BCUT2D eigenvalue weighted by molar-refractivity contribution is 5.92. The quantitative estimate of drug-likeness (QED) is 0.566. The van der Waals surface area contributed by atoms with Crippen LogP contribution in [0.3, 0.4) is 0 Å². The molecule has 0 bridgehead atoms. The number of aromatic nitrogens is 2. The Morgan fingerprint density at radius 1 is 1.15 bits per heavy atom. The maximum Gasteiger partial charge on any atom is 0.277 e. The van der Waals surface area contributed by atoms with Crippen molar-refractivity contribution in [2.45, 2.75) is 51.5 Å². The van der Waals surface area contributed by atoms with Gasteiger partial charge in [-0.25, -0.2) is 19.8 Å². The van der Waals surface area contributed by atoms with Gasteiger partial charge >= 0.3 is 0 Å². The molecule has 0 saturated heterocycles. The van der Waals surface area contributed by atoms with Crippen LogP contribution in [0.1, 0.15) is 61.9 Å². The molecule has 7 heteroatoms. The van der Waals surface area contributed by atoms with E-state index in [2.05, 4.69) is 15.3 Å². The van der Waals surface area contributed by atoms with Crippen molar-refractivity contribution in [3.8, 4) is 0 Å². The van der Waals surface area contributed by atoms with Gasteiger partial charge in [-0.15, -0.1) is 0 Å². The minimum absolute atomic E-state index is 0.159.